The highest BCUT2D eigenvalue weighted by molar-refractivity contribution is 6.32. The summed E-state index contributed by atoms with van der Waals surface area (Å²) in [6.07, 6.45) is 0. The van der Waals surface area contributed by atoms with E-state index in [1.165, 1.54) is 7.11 Å². The molecule has 78 valence electrons. The molecule has 0 aliphatic heterocycles. The zero-order chi connectivity index (χ0) is 10.7. The Morgan fingerprint density at radius 3 is 2.71 bits per heavy atom. The van der Waals surface area contributed by atoms with Gasteiger partial charge in [0.1, 0.15) is 11.6 Å². The standard InChI is InChI=1S/C10H13ClFNO/c1-6-4-8(11)10(14-3)7(5-13-2)9(6)12/h4,13H,5H2,1-3H3. The topological polar surface area (TPSA) is 21.3 Å². The number of nitrogens with one attached hydrogen (secondary N) is 1. The van der Waals surface area contributed by atoms with Crippen LogP contribution in [0.5, 0.6) is 5.75 Å². The summed E-state index contributed by atoms with van der Waals surface area (Å²) in [5, 5.41) is 3.32. The molecule has 0 saturated heterocycles. The first-order chi connectivity index (χ1) is 6.61. The minimum absolute atomic E-state index is 0.263. The maximum atomic E-state index is 13.6. The zero-order valence-electron chi connectivity index (χ0n) is 8.45. The molecule has 0 aliphatic carbocycles. The molecule has 0 unspecified atom stereocenters. The number of halogens is 2. The molecule has 0 heterocycles. The van der Waals surface area contributed by atoms with Crippen molar-refractivity contribution in [3.05, 3.63) is 28.0 Å². The van der Waals surface area contributed by atoms with E-state index in [0.717, 1.165) is 0 Å². The van der Waals surface area contributed by atoms with Crippen LogP contribution in [0.4, 0.5) is 4.39 Å². The van der Waals surface area contributed by atoms with Gasteiger partial charge >= 0.3 is 0 Å². The van der Waals surface area contributed by atoms with Crippen molar-refractivity contribution in [2.45, 2.75) is 13.5 Å². The lowest BCUT2D eigenvalue weighted by atomic mass is 10.1. The van der Waals surface area contributed by atoms with Crippen molar-refractivity contribution in [2.75, 3.05) is 14.2 Å². The molecule has 0 aromatic heterocycles. The minimum Gasteiger partial charge on any atom is -0.495 e. The van der Waals surface area contributed by atoms with E-state index in [-0.39, 0.29) is 5.82 Å². The third-order valence-electron chi connectivity index (χ3n) is 2.00. The Bertz CT molecular complexity index is 341. The monoisotopic (exact) mass is 217 g/mol. The lowest BCUT2D eigenvalue weighted by Crippen LogP contribution is -2.10. The predicted octanol–water partition coefficient (Wildman–Crippen LogP) is 2.52. The molecular formula is C10H13ClFNO. The predicted molar refractivity (Wildman–Crippen MR) is 55.5 cm³/mol. The molecule has 0 aliphatic rings. The van der Waals surface area contributed by atoms with Gasteiger partial charge in [0.05, 0.1) is 12.1 Å². The molecule has 0 amide bonds. The van der Waals surface area contributed by atoms with Gasteiger partial charge in [0.2, 0.25) is 0 Å². The van der Waals surface area contributed by atoms with Crippen molar-refractivity contribution >= 4 is 11.6 Å². The van der Waals surface area contributed by atoms with Crippen LogP contribution in [0.15, 0.2) is 6.07 Å². The molecule has 1 rings (SSSR count). The first-order valence-corrected chi connectivity index (χ1v) is 4.65. The molecule has 0 saturated carbocycles. The third kappa shape index (κ3) is 1.99. The molecule has 0 radical (unpaired) electrons. The lowest BCUT2D eigenvalue weighted by molar-refractivity contribution is 0.402. The van der Waals surface area contributed by atoms with Gasteiger partial charge in [0.25, 0.3) is 0 Å². The number of hydrogen-bond acceptors (Lipinski definition) is 2. The number of benzene rings is 1. The summed E-state index contributed by atoms with van der Waals surface area (Å²) in [5.74, 6) is 0.143. The second-order valence-electron chi connectivity index (χ2n) is 3.03. The van der Waals surface area contributed by atoms with Crippen LogP contribution in [-0.4, -0.2) is 14.2 Å². The van der Waals surface area contributed by atoms with Crippen molar-refractivity contribution in [3.8, 4) is 5.75 Å². The average molecular weight is 218 g/mol. The normalized spacial score (nSPS) is 10.4. The fraction of sp³-hybridized carbons (Fsp3) is 0.400. The summed E-state index contributed by atoms with van der Waals surface area (Å²) in [6.45, 7) is 2.08. The SMILES string of the molecule is CNCc1c(F)c(C)cc(Cl)c1OC. The van der Waals surface area contributed by atoms with Crippen LogP contribution in [0.3, 0.4) is 0 Å². The van der Waals surface area contributed by atoms with Gasteiger partial charge in [0.15, 0.2) is 0 Å². The second kappa shape index (κ2) is 4.62. The van der Waals surface area contributed by atoms with E-state index in [9.17, 15) is 4.39 Å². The highest BCUT2D eigenvalue weighted by atomic mass is 35.5. The Labute approximate surface area is 88.0 Å². The van der Waals surface area contributed by atoms with Crippen LogP contribution in [0, 0.1) is 12.7 Å². The molecule has 1 aromatic carbocycles. The van der Waals surface area contributed by atoms with Gasteiger partial charge in [-0.3, -0.25) is 0 Å². The van der Waals surface area contributed by atoms with Crippen molar-refractivity contribution in [1.29, 1.82) is 0 Å². The summed E-state index contributed by atoms with van der Waals surface area (Å²) in [7, 11) is 3.23. The molecule has 4 heteroatoms. The molecule has 2 nitrogen and oxygen atoms in total. The summed E-state index contributed by atoms with van der Waals surface area (Å²) >= 11 is 5.92. The fourth-order valence-corrected chi connectivity index (χ4v) is 1.71. The maximum Gasteiger partial charge on any atom is 0.144 e. The van der Waals surface area contributed by atoms with Crippen LogP contribution in [0.25, 0.3) is 0 Å². The number of methoxy groups -OCH3 is 1. The van der Waals surface area contributed by atoms with Crippen LogP contribution < -0.4 is 10.1 Å². The van der Waals surface area contributed by atoms with E-state index >= 15 is 0 Å². The van der Waals surface area contributed by atoms with Gasteiger partial charge in [-0.2, -0.15) is 0 Å². The quantitative estimate of drug-likeness (QED) is 0.840. The molecule has 1 aromatic rings. The number of ether oxygens (including phenoxy) is 1. The maximum absolute atomic E-state index is 13.6. The van der Waals surface area contributed by atoms with Gasteiger partial charge in [-0.15, -0.1) is 0 Å². The highest BCUT2D eigenvalue weighted by Gasteiger charge is 2.15. The average Bonchev–Trinajstić information content (AvgIpc) is 2.14. The number of hydrogen-bond donors (Lipinski definition) is 1. The molecule has 14 heavy (non-hydrogen) atoms. The lowest BCUT2D eigenvalue weighted by Gasteiger charge is -2.12. The minimum atomic E-state index is -0.263. The van der Waals surface area contributed by atoms with E-state index in [0.29, 0.717) is 28.4 Å². The Balaban J connectivity index is 3.32. The molecule has 0 fully saturated rings. The van der Waals surface area contributed by atoms with E-state index < -0.39 is 0 Å². The number of aryl methyl sites for hydroxylation is 1. The van der Waals surface area contributed by atoms with Gasteiger partial charge in [-0.05, 0) is 25.6 Å². The van der Waals surface area contributed by atoms with E-state index in [2.05, 4.69) is 5.32 Å². The van der Waals surface area contributed by atoms with Crippen molar-refractivity contribution in [2.24, 2.45) is 0 Å². The van der Waals surface area contributed by atoms with Crippen molar-refractivity contribution in [1.82, 2.24) is 5.32 Å². The Morgan fingerprint density at radius 1 is 1.57 bits per heavy atom. The van der Waals surface area contributed by atoms with Crippen molar-refractivity contribution in [3.63, 3.8) is 0 Å². The summed E-state index contributed by atoms with van der Waals surface area (Å²) in [4.78, 5) is 0. The van der Waals surface area contributed by atoms with Crippen LogP contribution in [0.1, 0.15) is 11.1 Å². The van der Waals surface area contributed by atoms with Gasteiger partial charge in [-0.25, -0.2) is 4.39 Å². The molecule has 0 bridgehead atoms. The molecule has 0 spiro atoms. The first kappa shape index (κ1) is 11.3. The van der Waals surface area contributed by atoms with Gasteiger partial charge in [0, 0.05) is 12.1 Å². The highest BCUT2D eigenvalue weighted by Crippen LogP contribution is 2.32. The number of rotatable bonds is 3. The Morgan fingerprint density at radius 2 is 2.21 bits per heavy atom. The second-order valence-corrected chi connectivity index (χ2v) is 3.44. The first-order valence-electron chi connectivity index (χ1n) is 4.27. The van der Waals surface area contributed by atoms with E-state index in [4.69, 9.17) is 16.3 Å². The molecule has 1 N–H and O–H groups in total. The fourth-order valence-electron chi connectivity index (χ4n) is 1.36. The Kier molecular flexibility index (Phi) is 3.72. The smallest absolute Gasteiger partial charge is 0.144 e. The van der Waals surface area contributed by atoms with Gasteiger partial charge in [-0.1, -0.05) is 11.6 Å². The largest absolute Gasteiger partial charge is 0.495 e. The zero-order valence-corrected chi connectivity index (χ0v) is 9.20. The summed E-state index contributed by atoms with van der Waals surface area (Å²) < 4.78 is 18.7. The van der Waals surface area contributed by atoms with Crippen LogP contribution in [0.2, 0.25) is 5.02 Å². The Hall–Kier alpha value is -0.800. The third-order valence-corrected chi connectivity index (χ3v) is 2.28. The molecule has 0 atom stereocenters. The van der Waals surface area contributed by atoms with Crippen LogP contribution in [-0.2, 0) is 6.54 Å². The van der Waals surface area contributed by atoms with Crippen LogP contribution >= 0.6 is 11.6 Å². The summed E-state index contributed by atoms with van der Waals surface area (Å²) in [5.41, 5.74) is 1.00. The van der Waals surface area contributed by atoms with E-state index in [1.54, 1.807) is 20.0 Å². The van der Waals surface area contributed by atoms with Crippen molar-refractivity contribution < 1.29 is 9.13 Å². The summed E-state index contributed by atoms with van der Waals surface area (Å²) in [6, 6.07) is 1.56. The van der Waals surface area contributed by atoms with E-state index in [1.807, 2.05) is 0 Å². The van der Waals surface area contributed by atoms with Gasteiger partial charge < -0.3 is 10.1 Å². The molecular weight excluding hydrogens is 205 g/mol.